The molecule has 2 saturated heterocycles. The van der Waals surface area contributed by atoms with Gasteiger partial charge in [-0.25, -0.2) is 9.69 Å². The highest BCUT2D eigenvalue weighted by Crippen LogP contribution is 2.54. The van der Waals surface area contributed by atoms with E-state index in [1.54, 1.807) is 72.8 Å². The summed E-state index contributed by atoms with van der Waals surface area (Å²) < 4.78 is 5.22. The van der Waals surface area contributed by atoms with Crippen LogP contribution in [0.1, 0.15) is 17.2 Å². The predicted octanol–water partition coefficient (Wildman–Crippen LogP) is 4.51. The lowest BCUT2D eigenvalue weighted by Crippen LogP contribution is -2.53. The molecule has 172 valence electrons. The van der Waals surface area contributed by atoms with Gasteiger partial charge in [-0.15, -0.1) is 0 Å². The fraction of sp³-hybridized carbons (Fsp3) is 0.192. The second kappa shape index (κ2) is 8.55. The highest BCUT2D eigenvalue weighted by Gasteiger charge is 2.69. The van der Waals surface area contributed by atoms with E-state index in [-0.39, 0.29) is 0 Å². The van der Waals surface area contributed by atoms with Crippen LogP contribution in [0, 0.1) is 11.8 Å². The van der Waals surface area contributed by atoms with E-state index in [1.807, 2.05) is 6.07 Å². The number of hydrogen-bond donors (Lipinski definition) is 1. The smallest absolute Gasteiger partial charge is 0.331 e. The van der Waals surface area contributed by atoms with Gasteiger partial charge in [-0.3, -0.25) is 14.9 Å². The maximum absolute atomic E-state index is 13.9. The van der Waals surface area contributed by atoms with Crippen molar-refractivity contribution in [3.8, 4) is 0 Å². The predicted molar refractivity (Wildman–Crippen MR) is 128 cm³/mol. The van der Waals surface area contributed by atoms with Gasteiger partial charge in [0.2, 0.25) is 11.8 Å². The number of anilines is 1. The Labute approximate surface area is 206 Å². The molecule has 2 fully saturated rings. The number of amides is 2. The number of hydrogen-bond acceptors (Lipinski definition) is 5. The molecule has 0 unspecified atom stereocenters. The van der Waals surface area contributed by atoms with Crippen LogP contribution in [0.15, 0.2) is 78.9 Å². The van der Waals surface area contributed by atoms with E-state index in [4.69, 9.17) is 27.9 Å². The van der Waals surface area contributed by atoms with E-state index in [0.29, 0.717) is 26.9 Å². The van der Waals surface area contributed by atoms with Crippen LogP contribution in [0.5, 0.6) is 0 Å². The van der Waals surface area contributed by atoms with Gasteiger partial charge in [0.1, 0.15) is 0 Å². The average molecular weight is 495 g/mol. The number of benzene rings is 3. The molecule has 2 heterocycles. The normalized spacial score (nSPS) is 26.0. The largest absolute Gasteiger partial charge is 0.467 e. The van der Waals surface area contributed by atoms with Crippen LogP contribution in [0.2, 0.25) is 10.0 Å². The number of carbonyl (C=O) groups excluding carboxylic acids is 3. The first kappa shape index (κ1) is 22.6. The molecular formula is C26H20Cl2N2O4. The number of esters is 1. The molecular weight excluding hydrogens is 475 g/mol. The summed E-state index contributed by atoms with van der Waals surface area (Å²) in [5.74, 6) is -3.50. The van der Waals surface area contributed by atoms with E-state index in [9.17, 15) is 14.4 Å². The van der Waals surface area contributed by atoms with Crippen molar-refractivity contribution < 1.29 is 19.1 Å². The van der Waals surface area contributed by atoms with Crippen LogP contribution in [0.4, 0.5) is 5.69 Å². The molecule has 0 radical (unpaired) electrons. The summed E-state index contributed by atoms with van der Waals surface area (Å²) >= 11 is 12.5. The quantitative estimate of drug-likeness (QED) is 0.426. The Morgan fingerprint density at radius 1 is 0.912 bits per heavy atom. The number of imide groups is 1. The summed E-state index contributed by atoms with van der Waals surface area (Å²) in [5, 5.41) is 4.23. The van der Waals surface area contributed by atoms with Crippen molar-refractivity contribution >= 4 is 46.7 Å². The van der Waals surface area contributed by atoms with Crippen molar-refractivity contribution in [2.45, 2.75) is 11.6 Å². The van der Waals surface area contributed by atoms with Crippen LogP contribution in [0.3, 0.4) is 0 Å². The molecule has 3 aromatic carbocycles. The highest BCUT2D eigenvalue weighted by atomic mass is 35.5. The standard InChI is InChI=1S/C26H20Cl2N2O4/c1-34-25(33)26(15-7-3-2-4-8-15)21-20(22(29-26)18-9-5-6-10-19(18)28)23(31)30(24(21)32)17-13-11-16(27)12-14-17/h2-14,20-22,29H,1H3/t20-,21-,22-,26-/m0/s1. The molecule has 1 N–H and O–H groups in total. The molecule has 4 atom stereocenters. The Kier molecular flexibility index (Phi) is 5.68. The van der Waals surface area contributed by atoms with Crippen molar-refractivity contribution in [1.29, 1.82) is 0 Å². The number of nitrogens with one attached hydrogen (secondary N) is 1. The van der Waals surface area contributed by atoms with Crippen LogP contribution >= 0.6 is 23.2 Å². The van der Waals surface area contributed by atoms with E-state index < -0.39 is 41.2 Å². The maximum atomic E-state index is 13.9. The third kappa shape index (κ3) is 3.25. The van der Waals surface area contributed by atoms with Gasteiger partial charge in [-0.05, 0) is 41.5 Å². The van der Waals surface area contributed by atoms with Crippen molar-refractivity contribution in [2.24, 2.45) is 11.8 Å². The Bertz CT molecular complexity index is 1280. The van der Waals surface area contributed by atoms with Crippen molar-refractivity contribution in [3.05, 3.63) is 100 Å². The molecule has 2 amide bonds. The molecule has 2 aliphatic heterocycles. The number of fused-ring (bicyclic) bond motifs is 1. The third-order valence-electron chi connectivity index (χ3n) is 6.62. The number of methoxy groups -OCH3 is 1. The second-order valence-corrected chi connectivity index (χ2v) is 9.14. The van der Waals surface area contributed by atoms with Gasteiger partial charge in [0, 0.05) is 16.1 Å². The molecule has 0 spiro atoms. The number of ether oxygens (including phenoxy) is 1. The molecule has 5 rings (SSSR count). The van der Waals surface area contributed by atoms with Crippen LogP contribution < -0.4 is 10.2 Å². The Balaban J connectivity index is 1.74. The number of halogens is 2. The Morgan fingerprint density at radius 3 is 2.21 bits per heavy atom. The molecule has 0 bridgehead atoms. The second-order valence-electron chi connectivity index (χ2n) is 8.30. The maximum Gasteiger partial charge on any atom is 0.331 e. The summed E-state index contributed by atoms with van der Waals surface area (Å²) in [6, 6.07) is 21.7. The van der Waals surface area contributed by atoms with Gasteiger partial charge >= 0.3 is 5.97 Å². The summed E-state index contributed by atoms with van der Waals surface area (Å²) in [7, 11) is 1.27. The van der Waals surface area contributed by atoms with Crippen molar-refractivity contribution in [3.63, 3.8) is 0 Å². The van der Waals surface area contributed by atoms with E-state index in [2.05, 4.69) is 5.32 Å². The number of rotatable bonds is 4. The van der Waals surface area contributed by atoms with Crippen LogP contribution in [-0.4, -0.2) is 24.9 Å². The molecule has 0 aromatic heterocycles. The first-order chi connectivity index (χ1) is 16.4. The first-order valence-electron chi connectivity index (χ1n) is 10.7. The summed E-state index contributed by atoms with van der Waals surface area (Å²) in [6.45, 7) is 0. The lowest BCUT2D eigenvalue weighted by atomic mass is 9.75. The minimum Gasteiger partial charge on any atom is -0.467 e. The van der Waals surface area contributed by atoms with E-state index in [0.717, 1.165) is 4.90 Å². The minimum atomic E-state index is -1.58. The topological polar surface area (TPSA) is 75.7 Å². The Morgan fingerprint density at radius 2 is 1.56 bits per heavy atom. The van der Waals surface area contributed by atoms with Gasteiger partial charge < -0.3 is 4.74 Å². The molecule has 3 aromatic rings. The number of carbonyl (C=O) groups is 3. The fourth-order valence-electron chi connectivity index (χ4n) is 5.18. The summed E-state index contributed by atoms with van der Waals surface area (Å²) in [4.78, 5) is 42.4. The zero-order valence-electron chi connectivity index (χ0n) is 18.1. The first-order valence-corrected chi connectivity index (χ1v) is 11.4. The van der Waals surface area contributed by atoms with Crippen molar-refractivity contribution in [1.82, 2.24) is 5.32 Å². The lowest BCUT2D eigenvalue weighted by molar-refractivity contribution is -0.152. The van der Waals surface area contributed by atoms with Gasteiger partial charge in [0.25, 0.3) is 0 Å². The summed E-state index contributed by atoms with van der Waals surface area (Å²) in [5.41, 5.74) is -0.0395. The molecule has 2 aliphatic rings. The van der Waals surface area contributed by atoms with Crippen molar-refractivity contribution in [2.75, 3.05) is 12.0 Å². The Hall–Kier alpha value is -3.19. The molecule has 0 aliphatic carbocycles. The van der Waals surface area contributed by atoms with Crippen LogP contribution in [-0.2, 0) is 24.7 Å². The zero-order chi connectivity index (χ0) is 24.0. The lowest BCUT2D eigenvalue weighted by Gasteiger charge is -2.33. The minimum absolute atomic E-state index is 0.388. The van der Waals surface area contributed by atoms with Crippen LogP contribution in [0.25, 0.3) is 0 Å². The molecule has 0 saturated carbocycles. The van der Waals surface area contributed by atoms with Gasteiger partial charge in [0.05, 0.1) is 24.6 Å². The molecule has 8 heteroatoms. The number of nitrogens with zero attached hydrogens (tertiary/aromatic N) is 1. The van der Waals surface area contributed by atoms with Gasteiger partial charge in [-0.1, -0.05) is 71.7 Å². The average Bonchev–Trinajstić information content (AvgIpc) is 3.34. The molecule has 34 heavy (non-hydrogen) atoms. The molecule has 6 nitrogen and oxygen atoms in total. The van der Waals surface area contributed by atoms with E-state index >= 15 is 0 Å². The van der Waals surface area contributed by atoms with E-state index in [1.165, 1.54) is 7.11 Å². The van der Waals surface area contributed by atoms with Gasteiger partial charge in [-0.2, -0.15) is 0 Å². The zero-order valence-corrected chi connectivity index (χ0v) is 19.6. The fourth-order valence-corrected chi connectivity index (χ4v) is 5.56. The monoisotopic (exact) mass is 494 g/mol. The third-order valence-corrected chi connectivity index (χ3v) is 7.22. The summed E-state index contributed by atoms with van der Waals surface area (Å²) in [6.07, 6.45) is 0. The van der Waals surface area contributed by atoms with Gasteiger partial charge in [0.15, 0.2) is 5.54 Å². The SMILES string of the molecule is COC(=O)[C@@]1(c2ccccc2)N[C@@H](c2ccccc2Cl)[C@H]2C(=O)N(c3ccc(Cl)cc3)C(=O)[C@H]21. The highest BCUT2D eigenvalue weighted by molar-refractivity contribution is 6.32.